The Morgan fingerprint density at radius 1 is 1.16 bits per heavy atom. The number of fused-ring (bicyclic) bond motifs is 1. The number of aromatic nitrogens is 2. The zero-order valence-corrected chi connectivity index (χ0v) is 17.0. The number of halogens is 1. The number of anilines is 2. The lowest BCUT2D eigenvalue weighted by Gasteiger charge is -2.34. The van der Waals surface area contributed by atoms with E-state index >= 15 is 0 Å². The summed E-state index contributed by atoms with van der Waals surface area (Å²) in [4.78, 5) is 25.9. The van der Waals surface area contributed by atoms with Gasteiger partial charge in [-0.2, -0.15) is 5.10 Å². The van der Waals surface area contributed by atoms with Crippen LogP contribution in [0.2, 0.25) is 0 Å². The minimum atomic E-state index is -0.382. The Morgan fingerprint density at radius 2 is 1.94 bits per heavy atom. The lowest BCUT2D eigenvalue weighted by molar-refractivity contribution is -0.116. The fourth-order valence-electron chi connectivity index (χ4n) is 4.34. The van der Waals surface area contributed by atoms with Crippen LogP contribution in [0.5, 0.6) is 0 Å². The van der Waals surface area contributed by atoms with Crippen molar-refractivity contribution in [1.29, 1.82) is 0 Å². The first-order valence-electron chi connectivity index (χ1n) is 10.3. The van der Waals surface area contributed by atoms with Gasteiger partial charge in [0.05, 0.1) is 6.20 Å². The van der Waals surface area contributed by atoms with E-state index in [1.54, 1.807) is 4.68 Å². The van der Waals surface area contributed by atoms with Gasteiger partial charge in [0, 0.05) is 23.4 Å². The first-order chi connectivity index (χ1) is 15.0. The van der Waals surface area contributed by atoms with Gasteiger partial charge in [-0.3, -0.25) is 9.59 Å². The van der Waals surface area contributed by atoms with Crippen molar-refractivity contribution in [3.63, 3.8) is 0 Å². The number of nitrogens with one attached hydrogen (secondary N) is 2. The van der Waals surface area contributed by atoms with Crippen LogP contribution in [0.25, 0.3) is 0 Å². The molecule has 0 unspecified atom stereocenters. The molecule has 1 amide bonds. The Morgan fingerprint density at radius 3 is 2.71 bits per heavy atom. The third-order valence-corrected chi connectivity index (χ3v) is 5.87. The SMILES string of the molecule is Cc1ccccc1[C@H]1C2=C(CCCC2=O)Nc2c(C(=O)Nc3ccc(F)cc3)cnn21. The molecule has 7 heteroatoms. The molecule has 0 radical (unpaired) electrons. The van der Waals surface area contributed by atoms with Gasteiger partial charge in [-0.25, -0.2) is 9.07 Å². The molecule has 2 aromatic carbocycles. The highest BCUT2D eigenvalue weighted by Crippen LogP contribution is 2.42. The van der Waals surface area contributed by atoms with Gasteiger partial charge in [-0.1, -0.05) is 24.3 Å². The first kappa shape index (κ1) is 19.2. The summed E-state index contributed by atoms with van der Waals surface area (Å²) in [7, 11) is 0. The van der Waals surface area contributed by atoms with Crippen LogP contribution in [-0.2, 0) is 4.79 Å². The summed E-state index contributed by atoms with van der Waals surface area (Å²) in [5.74, 6) is -0.0538. The van der Waals surface area contributed by atoms with E-state index in [9.17, 15) is 14.0 Å². The molecule has 2 N–H and O–H groups in total. The zero-order valence-electron chi connectivity index (χ0n) is 17.0. The quantitative estimate of drug-likeness (QED) is 0.654. The van der Waals surface area contributed by atoms with Gasteiger partial charge in [0.1, 0.15) is 23.2 Å². The molecule has 2 heterocycles. The number of Topliss-reactive ketones (excluding diaryl/α,β-unsaturated/α-hetero) is 1. The molecule has 6 nitrogen and oxygen atoms in total. The van der Waals surface area contributed by atoms with E-state index in [0.717, 1.165) is 35.2 Å². The topological polar surface area (TPSA) is 76.0 Å². The van der Waals surface area contributed by atoms with Crippen molar-refractivity contribution in [1.82, 2.24) is 9.78 Å². The van der Waals surface area contributed by atoms with Gasteiger partial charge in [-0.05, 0) is 55.2 Å². The van der Waals surface area contributed by atoms with Gasteiger partial charge in [0.25, 0.3) is 5.91 Å². The van der Waals surface area contributed by atoms with E-state index in [1.807, 2.05) is 31.2 Å². The summed E-state index contributed by atoms with van der Waals surface area (Å²) in [6.07, 6.45) is 3.54. The number of hydrogen-bond donors (Lipinski definition) is 2. The van der Waals surface area contributed by atoms with Crippen LogP contribution in [0.1, 0.15) is 46.8 Å². The molecule has 0 saturated carbocycles. The second-order valence-electron chi connectivity index (χ2n) is 7.87. The Kier molecular flexibility index (Phi) is 4.66. The molecule has 5 rings (SSSR count). The smallest absolute Gasteiger partial charge is 0.261 e. The number of nitrogens with zero attached hydrogens (tertiary/aromatic N) is 2. The maximum absolute atomic E-state index is 13.2. The number of rotatable bonds is 3. The fourth-order valence-corrected chi connectivity index (χ4v) is 4.34. The van der Waals surface area contributed by atoms with Crippen molar-refractivity contribution >= 4 is 23.2 Å². The lowest BCUT2D eigenvalue weighted by Crippen LogP contribution is -2.32. The predicted molar refractivity (Wildman–Crippen MR) is 115 cm³/mol. The number of aryl methyl sites for hydroxylation is 1. The minimum Gasteiger partial charge on any atom is -0.343 e. The molecule has 1 aliphatic carbocycles. The van der Waals surface area contributed by atoms with Gasteiger partial charge in [-0.15, -0.1) is 0 Å². The minimum absolute atomic E-state index is 0.112. The largest absolute Gasteiger partial charge is 0.343 e. The van der Waals surface area contributed by atoms with E-state index in [1.165, 1.54) is 30.5 Å². The van der Waals surface area contributed by atoms with Crippen molar-refractivity contribution < 1.29 is 14.0 Å². The van der Waals surface area contributed by atoms with Crippen LogP contribution in [0, 0.1) is 12.7 Å². The molecular weight excluding hydrogens is 395 g/mol. The molecule has 31 heavy (non-hydrogen) atoms. The summed E-state index contributed by atoms with van der Waals surface area (Å²) < 4.78 is 14.9. The molecule has 1 aliphatic heterocycles. The van der Waals surface area contributed by atoms with E-state index < -0.39 is 0 Å². The normalized spacial score (nSPS) is 17.6. The fraction of sp³-hybridized carbons (Fsp3) is 0.208. The van der Waals surface area contributed by atoms with E-state index in [4.69, 9.17) is 0 Å². The number of carbonyl (C=O) groups excluding carboxylic acids is 2. The van der Waals surface area contributed by atoms with Crippen LogP contribution in [0.4, 0.5) is 15.9 Å². The maximum atomic E-state index is 13.2. The number of benzene rings is 2. The van der Waals surface area contributed by atoms with Crippen molar-refractivity contribution in [2.24, 2.45) is 0 Å². The van der Waals surface area contributed by atoms with Crippen molar-refractivity contribution in [2.45, 2.75) is 32.2 Å². The molecule has 3 aromatic rings. The predicted octanol–water partition coefficient (Wildman–Crippen LogP) is 4.60. The highest BCUT2D eigenvalue weighted by atomic mass is 19.1. The maximum Gasteiger partial charge on any atom is 0.261 e. The molecule has 2 aliphatic rings. The number of allylic oxidation sites excluding steroid dienone is 2. The average Bonchev–Trinajstić information content (AvgIpc) is 3.18. The number of amides is 1. The Labute approximate surface area is 178 Å². The Balaban J connectivity index is 1.58. The molecule has 156 valence electrons. The zero-order chi connectivity index (χ0) is 21.5. The number of hydrogen-bond acceptors (Lipinski definition) is 4. The van der Waals surface area contributed by atoms with Crippen molar-refractivity contribution in [2.75, 3.05) is 10.6 Å². The van der Waals surface area contributed by atoms with Crippen LogP contribution >= 0.6 is 0 Å². The molecule has 0 saturated heterocycles. The first-order valence-corrected chi connectivity index (χ1v) is 10.3. The van der Waals surface area contributed by atoms with E-state index in [2.05, 4.69) is 15.7 Å². The van der Waals surface area contributed by atoms with Gasteiger partial charge < -0.3 is 10.6 Å². The monoisotopic (exact) mass is 416 g/mol. The van der Waals surface area contributed by atoms with Gasteiger partial charge in [0.15, 0.2) is 5.78 Å². The second kappa shape index (κ2) is 7.50. The van der Waals surface area contributed by atoms with Crippen LogP contribution in [0.15, 0.2) is 66.0 Å². The number of carbonyl (C=O) groups is 2. The van der Waals surface area contributed by atoms with Crippen LogP contribution in [0.3, 0.4) is 0 Å². The van der Waals surface area contributed by atoms with Gasteiger partial charge >= 0.3 is 0 Å². The highest BCUT2D eigenvalue weighted by molar-refractivity contribution is 6.08. The highest BCUT2D eigenvalue weighted by Gasteiger charge is 2.38. The average molecular weight is 416 g/mol. The summed E-state index contributed by atoms with van der Waals surface area (Å²) in [5.41, 5.74) is 4.48. The molecule has 0 bridgehead atoms. The third kappa shape index (κ3) is 3.32. The summed E-state index contributed by atoms with van der Waals surface area (Å²) in [6, 6.07) is 13.1. The molecule has 1 atom stereocenters. The molecule has 0 fully saturated rings. The molecular formula is C24H21FN4O2. The van der Waals surface area contributed by atoms with Crippen LogP contribution in [-0.4, -0.2) is 21.5 Å². The third-order valence-electron chi connectivity index (χ3n) is 5.87. The number of ketones is 1. The van der Waals surface area contributed by atoms with Crippen molar-refractivity contribution in [3.05, 3.63) is 88.5 Å². The second-order valence-corrected chi connectivity index (χ2v) is 7.87. The van der Waals surface area contributed by atoms with Crippen LogP contribution < -0.4 is 10.6 Å². The van der Waals surface area contributed by atoms with Gasteiger partial charge in [0.2, 0.25) is 0 Å². The Hall–Kier alpha value is -3.74. The van der Waals surface area contributed by atoms with Crippen molar-refractivity contribution in [3.8, 4) is 0 Å². The van der Waals surface area contributed by atoms with E-state index in [0.29, 0.717) is 23.5 Å². The van der Waals surface area contributed by atoms with E-state index in [-0.39, 0.29) is 23.5 Å². The molecule has 0 spiro atoms. The summed E-state index contributed by atoms with van der Waals surface area (Å²) >= 11 is 0. The summed E-state index contributed by atoms with van der Waals surface area (Å²) in [6.45, 7) is 2.01. The standard InChI is InChI=1S/C24H21FN4O2/c1-14-5-2-3-6-17(14)22-21-19(7-4-8-20(21)30)28-23-18(13-26-29(22)23)24(31)27-16-11-9-15(25)10-12-16/h2-3,5-6,9-13,22,28H,4,7-8H2,1H3,(H,27,31)/t22-/m0/s1. The summed E-state index contributed by atoms with van der Waals surface area (Å²) in [5, 5.41) is 10.6. The lowest BCUT2D eigenvalue weighted by atomic mass is 9.84. The Bertz CT molecular complexity index is 1230. The molecule has 1 aromatic heterocycles.